The van der Waals surface area contributed by atoms with Gasteiger partial charge in [-0.25, -0.2) is 14.2 Å². The van der Waals surface area contributed by atoms with E-state index in [1.165, 1.54) is 18.3 Å². The Labute approximate surface area is 222 Å². The van der Waals surface area contributed by atoms with E-state index in [-0.39, 0.29) is 35.6 Å². The Morgan fingerprint density at radius 3 is 2.83 bits per heavy atom. The number of carbonyl (C=O) groups is 2. The van der Waals surface area contributed by atoms with Crippen molar-refractivity contribution in [3.8, 4) is 11.4 Å². The Morgan fingerprint density at radius 1 is 1.42 bits per heavy atom. The van der Waals surface area contributed by atoms with Crippen molar-refractivity contribution in [1.29, 1.82) is 0 Å². The van der Waals surface area contributed by atoms with Crippen molar-refractivity contribution in [3.63, 3.8) is 0 Å². The van der Waals surface area contributed by atoms with Gasteiger partial charge in [0, 0.05) is 25.0 Å². The number of piperidine rings is 1. The largest absolute Gasteiger partial charge is 0.462 e. The number of aromatic nitrogens is 2. The maximum atomic E-state index is 14.4. The van der Waals surface area contributed by atoms with E-state index in [0.29, 0.717) is 48.2 Å². The van der Waals surface area contributed by atoms with E-state index in [4.69, 9.17) is 32.7 Å². The number of thiazole rings is 1. The van der Waals surface area contributed by atoms with Gasteiger partial charge in [-0.15, -0.1) is 11.6 Å². The van der Waals surface area contributed by atoms with Crippen molar-refractivity contribution in [2.45, 2.75) is 43.8 Å². The monoisotopic (exact) mass is 557 g/mol. The quantitative estimate of drug-likeness (QED) is 0.273. The molecule has 4 heterocycles. The molecule has 2 aromatic rings. The van der Waals surface area contributed by atoms with Gasteiger partial charge in [0.1, 0.15) is 27.3 Å². The molecule has 0 radical (unpaired) electrons. The molecule has 2 aliphatic rings. The number of anilines is 1. The zero-order valence-electron chi connectivity index (χ0n) is 19.7. The molecular weight excluding hydrogens is 532 g/mol. The summed E-state index contributed by atoms with van der Waals surface area (Å²) in [6.45, 7) is 5.01. The Balaban J connectivity index is 1.44. The van der Waals surface area contributed by atoms with Gasteiger partial charge in [-0.3, -0.25) is 9.78 Å². The molecule has 1 saturated heterocycles. The lowest BCUT2D eigenvalue weighted by atomic mass is 10.1. The van der Waals surface area contributed by atoms with Gasteiger partial charge in [0.25, 0.3) is 0 Å². The summed E-state index contributed by atoms with van der Waals surface area (Å²) in [5.74, 6) is -1.12. The van der Waals surface area contributed by atoms with Crippen LogP contribution in [0.1, 0.15) is 36.4 Å². The van der Waals surface area contributed by atoms with E-state index in [0.717, 1.165) is 11.3 Å². The molecule has 2 N–H and O–H groups in total. The van der Waals surface area contributed by atoms with E-state index >= 15 is 0 Å². The number of nitrogens with one attached hydrogen (secondary N) is 2. The standard InChI is InChI=1S/C23H26Cl2FN5O4S/c1-3-34-20(33)18-17(16-15(26)5-4-8-27-16)30-22(36-18)31-9-6-14(7-10-31)35-11-23(25)19(24)13(2)29-21(23)28-12-32/h4-5,8,12,14,21,29H,3,6-7,9-11H2,1-2H3,(H,28,32)/t21?,23-/m0/s1. The first-order chi connectivity index (χ1) is 17.3. The van der Waals surface area contributed by atoms with Gasteiger partial charge in [0.2, 0.25) is 6.41 Å². The summed E-state index contributed by atoms with van der Waals surface area (Å²) in [5.41, 5.74) is 0.872. The number of pyridine rings is 1. The lowest BCUT2D eigenvalue weighted by Gasteiger charge is -2.35. The number of hydrogen-bond acceptors (Lipinski definition) is 9. The van der Waals surface area contributed by atoms with E-state index in [9.17, 15) is 14.0 Å². The Kier molecular flexibility index (Phi) is 8.34. The molecule has 1 unspecified atom stereocenters. The fraction of sp³-hybridized carbons (Fsp3) is 0.478. The highest BCUT2D eigenvalue weighted by Crippen LogP contribution is 2.39. The van der Waals surface area contributed by atoms with Gasteiger partial charge in [-0.1, -0.05) is 22.9 Å². The van der Waals surface area contributed by atoms with Crippen LogP contribution >= 0.6 is 34.5 Å². The number of rotatable bonds is 9. The minimum absolute atomic E-state index is 0.0116. The van der Waals surface area contributed by atoms with Crippen LogP contribution in [0.4, 0.5) is 9.52 Å². The van der Waals surface area contributed by atoms with Gasteiger partial charge >= 0.3 is 5.97 Å². The van der Waals surface area contributed by atoms with Crippen molar-refractivity contribution < 1.29 is 23.5 Å². The molecule has 9 nitrogen and oxygen atoms in total. The summed E-state index contributed by atoms with van der Waals surface area (Å²) in [6, 6.07) is 2.76. The predicted molar refractivity (Wildman–Crippen MR) is 136 cm³/mol. The van der Waals surface area contributed by atoms with Crippen LogP contribution in [0.2, 0.25) is 0 Å². The number of amides is 1. The minimum Gasteiger partial charge on any atom is -0.462 e. The van der Waals surface area contributed by atoms with E-state index in [1.54, 1.807) is 13.8 Å². The molecule has 2 atom stereocenters. The van der Waals surface area contributed by atoms with E-state index < -0.39 is 22.8 Å². The topological polar surface area (TPSA) is 106 Å². The highest BCUT2D eigenvalue weighted by molar-refractivity contribution is 7.17. The molecule has 0 spiro atoms. The van der Waals surface area contributed by atoms with Crippen LogP contribution in [0.25, 0.3) is 11.4 Å². The Morgan fingerprint density at radius 2 is 2.17 bits per heavy atom. The first-order valence-corrected chi connectivity index (χ1v) is 13.0. The fourth-order valence-electron chi connectivity index (χ4n) is 4.17. The molecule has 2 aromatic heterocycles. The Bertz CT molecular complexity index is 1160. The normalized spacial score (nSPS) is 22.5. The summed E-state index contributed by atoms with van der Waals surface area (Å²) < 4.78 is 25.7. The lowest BCUT2D eigenvalue weighted by molar-refractivity contribution is -0.110. The van der Waals surface area contributed by atoms with Crippen LogP contribution < -0.4 is 15.5 Å². The predicted octanol–water partition coefficient (Wildman–Crippen LogP) is 3.63. The molecular formula is C23H26Cl2FN5O4S. The highest BCUT2D eigenvalue weighted by Gasteiger charge is 2.47. The van der Waals surface area contributed by atoms with Crippen LogP contribution in [0, 0.1) is 5.82 Å². The third kappa shape index (κ3) is 5.29. The average Bonchev–Trinajstić information content (AvgIpc) is 3.40. The number of allylic oxidation sites excluding steroid dienone is 1. The number of esters is 1. The summed E-state index contributed by atoms with van der Waals surface area (Å²) in [4.78, 5) is 33.3. The molecule has 0 aromatic carbocycles. The number of hydrogen-bond donors (Lipinski definition) is 2. The molecule has 13 heteroatoms. The highest BCUT2D eigenvalue weighted by atomic mass is 35.5. The maximum Gasteiger partial charge on any atom is 0.350 e. The third-order valence-electron chi connectivity index (χ3n) is 6.05. The zero-order valence-corrected chi connectivity index (χ0v) is 22.1. The summed E-state index contributed by atoms with van der Waals surface area (Å²) in [5, 5.41) is 6.70. The second-order valence-corrected chi connectivity index (χ2v) is 10.4. The van der Waals surface area contributed by atoms with E-state index in [1.807, 2.05) is 4.90 Å². The number of nitrogens with zero attached hydrogens (tertiary/aromatic N) is 3. The SMILES string of the molecule is CCOC(=O)c1sc(N2CCC(OC[C@]3(Cl)C(Cl)=C(C)NC3NC=O)CC2)nc1-c1ncccc1F. The van der Waals surface area contributed by atoms with Crippen LogP contribution in [0.15, 0.2) is 29.1 Å². The van der Waals surface area contributed by atoms with Crippen molar-refractivity contribution in [2.24, 2.45) is 0 Å². The molecule has 1 fully saturated rings. The summed E-state index contributed by atoms with van der Waals surface area (Å²) in [6.07, 6.45) is 2.71. The first-order valence-electron chi connectivity index (χ1n) is 11.5. The van der Waals surface area contributed by atoms with Crippen molar-refractivity contribution in [1.82, 2.24) is 20.6 Å². The van der Waals surface area contributed by atoms with Crippen LogP contribution in [0.5, 0.6) is 0 Å². The second kappa shape index (κ2) is 11.3. The minimum atomic E-state index is -1.10. The van der Waals surface area contributed by atoms with Gasteiger partial charge in [0.05, 0.1) is 24.4 Å². The van der Waals surface area contributed by atoms with Crippen LogP contribution in [-0.4, -0.2) is 65.8 Å². The van der Waals surface area contributed by atoms with Crippen molar-refractivity contribution in [2.75, 3.05) is 31.2 Å². The van der Waals surface area contributed by atoms with E-state index in [2.05, 4.69) is 20.6 Å². The van der Waals surface area contributed by atoms with Crippen molar-refractivity contribution in [3.05, 3.63) is 39.8 Å². The second-order valence-electron chi connectivity index (χ2n) is 8.39. The molecule has 2 aliphatic heterocycles. The first kappa shape index (κ1) is 26.6. The van der Waals surface area contributed by atoms with Crippen LogP contribution in [-0.2, 0) is 14.3 Å². The molecule has 4 rings (SSSR count). The maximum absolute atomic E-state index is 14.4. The molecule has 0 bridgehead atoms. The number of carbonyl (C=O) groups excluding carboxylic acids is 2. The summed E-state index contributed by atoms with van der Waals surface area (Å²) in [7, 11) is 0. The summed E-state index contributed by atoms with van der Waals surface area (Å²) >= 11 is 14.3. The smallest absolute Gasteiger partial charge is 0.350 e. The molecule has 1 amide bonds. The molecule has 0 saturated carbocycles. The third-order valence-corrected chi connectivity index (χ3v) is 8.38. The Hall–Kier alpha value is -2.47. The van der Waals surface area contributed by atoms with Gasteiger partial charge in [-0.05, 0) is 38.8 Å². The fourth-order valence-corrected chi connectivity index (χ4v) is 5.73. The molecule has 194 valence electrons. The van der Waals surface area contributed by atoms with Gasteiger partial charge in [-0.2, -0.15) is 0 Å². The average molecular weight is 558 g/mol. The van der Waals surface area contributed by atoms with Crippen LogP contribution in [0.3, 0.4) is 0 Å². The zero-order chi connectivity index (χ0) is 25.9. The molecule has 36 heavy (non-hydrogen) atoms. The number of halogens is 3. The number of alkyl halides is 1. The van der Waals surface area contributed by atoms with Crippen molar-refractivity contribution >= 4 is 52.0 Å². The van der Waals surface area contributed by atoms with Gasteiger partial charge < -0.3 is 25.0 Å². The molecule has 0 aliphatic carbocycles. The number of ether oxygens (including phenoxy) is 2. The lowest BCUT2D eigenvalue weighted by Crippen LogP contribution is -2.53. The van der Waals surface area contributed by atoms with Gasteiger partial charge in [0.15, 0.2) is 10.9 Å².